The number of rotatable bonds is 7. The second kappa shape index (κ2) is 8.75. The molecule has 2 aromatic carbocycles. The molecule has 1 saturated heterocycles. The monoisotopic (exact) mass is 402 g/mol. The van der Waals surface area contributed by atoms with Gasteiger partial charge >= 0.3 is 0 Å². The highest BCUT2D eigenvalue weighted by Crippen LogP contribution is 2.22. The molecule has 6 nitrogen and oxygen atoms in total. The van der Waals surface area contributed by atoms with Crippen molar-refractivity contribution in [2.24, 2.45) is 0 Å². The Morgan fingerprint density at radius 3 is 2.43 bits per heavy atom. The Morgan fingerprint density at radius 1 is 1.11 bits per heavy atom. The minimum atomic E-state index is -3.54. The van der Waals surface area contributed by atoms with Crippen molar-refractivity contribution in [3.63, 3.8) is 0 Å². The fourth-order valence-corrected chi connectivity index (χ4v) is 4.85. The summed E-state index contributed by atoms with van der Waals surface area (Å²) >= 11 is 0. The first-order valence-corrected chi connectivity index (χ1v) is 10.9. The summed E-state index contributed by atoms with van der Waals surface area (Å²) in [6.45, 7) is 4.04. The van der Waals surface area contributed by atoms with Gasteiger partial charge in [0.1, 0.15) is 5.75 Å². The van der Waals surface area contributed by atoms with E-state index < -0.39 is 10.0 Å². The van der Waals surface area contributed by atoms with Gasteiger partial charge in [0.15, 0.2) is 0 Å². The molecule has 7 heteroatoms. The van der Waals surface area contributed by atoms with E-state index in [-0.39, 0.29) is 10.8 Å². The van der Waals surface area contributed by atoms with Crippen LogP contribution >= 0.6 is 0 Å². The van der Waals surface area contributed by atoms with Gasteiger partial charge < -0.3 is 9.64 Å². The third-order valence-electron chi connectivity index (χ3n) is 4.78. The molecular formula is C21H26N2O4S. The number of ether oxygens (including phenoxy) is 1. The highest BCUT2D eigenvalue weighted by atomic mass is 32.2. The Bertz CT molecular complexity index is 920. The van der Waals surface area contributed by atoms with Gasteiger partial charge in [-0.25, -0.2) is 8.42 Å². The Balaban J connectivity index is 1.73. The number of hydrogen-bond donors (Lipinski definition) is 0. The van der Waals surface area contributed by atoms with Crippen LogP contribution in [-0.4, -0.2) is 50.3 Å². The summed E-state index contributed by atoms with van der Waals surface area (Å²) in [4.78, 5) is 14.6. The topological polar surface area (TPSA) is 66.9 Å². The predicted octanol–water partition coefficient (Wildman–Crippen LogP) is 3.14. The molecule has 0 saturated carbocycles. The van der Waals surface area contributed by atoms with E-state index in [2.05, 4.69) is 0 Å². The molecule has 0 bridgehead atoms. The van der Waals surface area contributed by atoms with E-state index in [0.717, 1.165) is 24.2 Å². The molecule has 0 N–H and O–H groups in total. The van der Waals surface area contributed by atoms with Gasteiger partial charge in [-0.15, -0.1) is 0 Å². The lowest BCUT2D eigenvalue weighted by Crippen LogP contribution is -2.29. The van der Waals surface area contributed by atoms with Crippen LogP contribution in [0.5, 0.6) is 5.75 Å². The number of benzene rings is 2. The summed E-state index contributed by atoms with van der Waals surface area (Å²) in [5.41, 5.74) is 1.34. The fraction of sp³-hybridized carbons (Fsp3) is 0.381. The Morgan fingerprint density at radius 2 is 1.79 bits per heavy atom. The van der Waals surface area contributed by atoms with Gasteiger partial charge in [0.2, 0.25) is 10.0 Å². The Kier molecular flexibility index (Phi) is 6.36. The largest absolute Gasteiger partial charge is 0.494 e. The zero-order valence-corrected chi connectivity index (χ0v) is 17.1. The van der Waals surface area contributed by atoms with Crippen LogP contribution in [0.15, 0.2) is 53.4 Å². The van der Waals surface area contributed by atoms with Crippen molar-refractivity contribution < 1.29 is 17.9 Å². The summed E-state index contributed by atoms with van der Waals surface area (Å²) in [7, 11) is -1.83. The lowest BCUT2D eigenvalue weighted by Gasteiger charge is -2.19. The van der Waals surface area contributed by atoms with Crippen molar-refractivity contribution >= 4 is 15.9 Å². The van der Waals surface area contributed by atoms with Crippen LogP contribution in [0.25, 0.3) is 0 Å². The van der Waals surface area contributed by atoms with E-state index in [0.29, 0.717) is 31.8 Å². The number of hydrogen-bond acceptors (Lipinski definition) is 4. The van der Waals surface area contributed by atoms with Gasteiger partial charge in [-0.3, -0.25) is 4.79 Å². The van der Waals surface area contributed by atoms with Crippen LogP contribution in [0.4, 0.5) is 0 Å². The highest BCUT2D eigenvalue weighted by Gasteiger charge is 2.27. The third-order valence-corrected chi connectivity index (χ3v) is 6.68. The zero-order chi connectivity index (χ0) is 20.1. The standard InChI is InChI=1S/C21H26N2O4S/c1-3-27-19-11-9-17(10-12-19)16-22(2)21(24)18-7-6-8-20(15-18)28(25,26)23-13-4-5-14-23/h6-12,15H,3-5,13-14,16H2,1-2H3. The minimum absolute atomic E-state index is 0.176. The molecule has 1 aliphatic heterocycles. The van der Waals surface area contributed by atoms with Crippen LogP contribution in [0.2, 0.25) is 0 Å². The number of carbonyl (C=O) groups excluding carboxylic acids is 1. The summed E-state index contributed by atoms with van der Waals surface area (Å²) in [5.74, 6) is 0.576. The van der Waals surface area contributed by atoms with E-state index in [4.69, 9.17) is 4.74 Å². The van der Waals surface area contributed by atoms with Gasteiger partial charge in [0, 0.05) is 32.2 Å². The highest BCUT2D eigenvalue weighted by molar-refractivity contribution is 7.89. The lowest BCUT2D eigenvalue weighted by atomic mass is 10.1. The normalized spacial score (nSPS) is 14.8. The quantitative estimate of drug-likeness (QED) is 0.714. The van der Waals surface area contributed by atoms with Gasteiger partial charge in [-0.05, 0) is 55.7 Å². The number of sulfonamides is 1. The molecule has 1 fully saturated rings. The first-order chi connectivity index (χ1) is 13.4. The van der Waals surface area contributed by atoms with Gasteiger partial charge in [-0.2, -0.15) is 4.31 Å². The van der Waals surface area contributed by atoms with Crippen molar-refractivity contribution in [3.8, 4) is 5.75 Å². The average molecular weight is 403 g/mol. The molecule has 28 heavy (non-hydrogen) atoms. The molecule has 0 spiro atoms. The smallest absolute Gasteiger partial charge is 0.253 e. The third kappa shape index (κ3) is 4.54. The molecule has 3 rings (SSSR count). The van der Waals surface area contributed by atoms with Gasteiger partial charge in [0.05, 0.1) is 11.5 Å². The Hall–Kier alpha value is -2.38. The van der Waals surface area contributed by atoms with Crippen LogP contribution in [0.3, 0.4) is 0 Å². The first-order valence-electron chi connectivity index (χ1n) is 9.49. The molecule has 2 aromatic rings. The minimum Gasteiger partial charge on any atom is -0.494 e. The van der Waals surface area contributed by atoms with E-state index in [1.807, 2.05) is 31.2 Å². The van der Waals surface area contributed by atoms with E-state index in [1.54, 1.807) is 30.1 Å². The fourth-order valence-electron chi connectivity index (χ4n) is 3.29. The molecule has 0 aromatic heterocycles. The summed E-state index contributed by atoms with van der Waals surface area (Å²) in [6, 6.07) is 13.9. The van der Waals surface area contributed by atoms with Crippen LogP contribution in [0.1, 0.15) is 35.7 Å². The summed E-state index contributed by atoms with van der Waals surface area (Å²) in [6.07, 6.45) is 1.76. The van der Waals surface area contributed by atoms with Crippen molar-refractivity contribution in [2.45, 2.75) is 31.2 Å². The van der Waals surface area contributed by atoms with Crippen molar-refractivity contribution in [2.75, 3.05) is 26.7 Å². The molecule has 0 atom stereocenters. The summed E-state index contributed by atoms with van der Waals surface area (Å²) in [5, 5.41) is 0. The maximum absolute atomic E-state index is 12.8. The van der Waals surface area contributed by atoms with Crippen molar-refractivity contribution in [1.29, 1.82) is 0 Å². The SMILES string of the molecule is CCOc1ccc(CN(C)C(=O)c2cccc(S(=O)(=O)N3CCCC3)c2)cc1. The zero-order valence-electron chi connectivity index (χ0n) is 16.3. The number of amides is 1. The second-order valence-corrected chi connectivity index (χ2v) is 8.82. The van der Waals surface area contributed by atoms with Gasteiger partial charge in [-0.1, -0.05) is 18.2 Å². The maximum Gasteiger partial charge on any atom is 0.253 e. The van der Waals surface area contributed by atoms with E-state index >= 15 is 0 Å². The first kappa shape index (κ1) is 20.4. The van der Waals surface area contributed by atoms with Crippen LogP contribution in [-0.2, 0) is 16.6 Å². The number of nitrogens with zero attached hydrogens (tertiary/aromatic N) is 2. The predicted molar refractivity (Wildman–Crippen MR) is 108 cm³/mol. The molecule has 1 heterocycles. The molecule has 1 amide bonds. The lowest BCUT2D eigenvalue weighted by molar-refractivity contribution is 0.0785. The molecule has 0 radical (unpaired) electrons. The summed E-state index contributed by atoms with van der Waals surface area (Å²) < 4.78 is 32.4. The second-order valence-electron chi connectivity index (χ2n) is 6.88. The van der Waals surface area contributed by atoms with E-state index in [1.165, 1.54) is 10.4 Å². The van der Waals surface area contributed by atoms with Crippen molar-refractivity contribution in [3.05, 3.63) is 59.7 Å². The van der Waals surface area contributed by atoms with Crippen molar-refractivity contribution in [1.82, 2.24) is 9.21 Å². The average Bonchev–Trinajstić information content (AvgIpc) is 3.25. The van der Waals surface area contributed by atoms with Crippen LogP contribution < -0.4 is 4.74 Å². The maximum atomic E-state index is 12.8. The molecule has 150 valence electrons. The molecular weight excluding hydrogens is 376 g/mol. The number of carbonyl (C=O) groups is 1. The van der Waals surface area contributed by atoms with E-state index in [9.17, 15) is 13.2 Å². The van der Waals surface area contributed by atoms with Crippen LogP contribution in [0, 0.1) is 0 Å². The van der Waals surface area contributed by atoms with Gasteiger partial charge in [0.25, 0.3) is 5.91 Å². The molecule has 0 unspecified atom stereocenters. The molecule has 1 aliphatic rings. The molecule has 0 aliphatic carbocycles. The Labute approximate surface area is 166 Å².